The van der Waals surface area contributed by atoms with E-state index in [1.54, 1.807) is 16.4 Å². The monoisotopic (exact) mass is 468 g/mol. The van der Waals surface area contributed by atoms with Crippen LogP contribution in [-0.2, 0) is 21.2 Å². The van der Waals surface area contributed by atoms with Gasteiger partial charge in [-0.15, -0.1) is 11.3 Å². The summed E-state index contributed by atoms with van der Waals surface area (Å²) in [5.41, 5.74) is 2.29. The SMILES string of the molecule is O=C(Cc1ccc(S(=O)(=O)N2CCCCC2)s1)NCC(c1ccccc1)c1ccccc1. The molecule has 0 spiro atoms. The molecule has 1 fully saturated rings. The maximum absolute atomic E-state index is 12.9. The third kappa shape index (κ3) is 5.46. The van der Waals surface area contributed by atoms with Gasteiger partial charge in [0, 0.05) is 30.4 Å². The zero-order valence-electron chi connectivity index (χ0n) is 17.9. The molecule has 5 nitrogen and oxygen atoms in total. The lowest BCUT2D eigenvalue weighted by Crippen LogP contribution is -2.35. The van der Waals surface area contributed by atoms with E-state index < -0.39 is 10.0 Å². The van der Waals surface area contributed by atoms with Gasteiger partial charge < -0.3 is 5.32 Å². The summed E-state index contributed by atoms with van der Waals surface area (Å²) in [5.74, 6) is -0.0506. The molecule has 0 unspecified atom stereocenters. The van der Waals surface area contributed by atoms with E-state index in [0.29, 0.717) is 23.8 Å². The minimum Gasteiger partial charge on any atom is -0.355 e. The first-order valence-corrected chi connectivity index (χ1v) is 13.2. The minimum absolute atomic E-state index is 0.0553. The van der Waals surface area contributed by atoms with Crippen molar-refractivity contribution in [3.8, 4) is 0 Å². The quantitative estimate of drug-likeness (QED) is 0.532. The predicted molar refractivity (Wildman–Crippen MR) is 128 cm³/mol. The maximum atomic E-state index is 12.9. The summed E-state index contributed by atoms with van der Waals surface area (Å²) in [6, 6.07) is 23.6. The number of thiophene rings is 1. The number of rotatable bonds is 8. The number of sulfonamides is 1. The second-order valence-electron chi connectivity index (χ2n) is 8.04. The summed E-state index contributed by atoms with van der Waals surface area (Å²) in [6.45, 7) is 1.64. The molecule has 4 rings (SSSR count). The molecule has 2 heterocycles. The Balaban J connectivity index is 1.40. The predicted octanol–water partition coefficient (Wildman–Crippen LogP) is 4.41. The molecule has 0 radical (unpaired) electrons. The number of hydrogen-bond acceptors (Lipinski definition) is 4. The molecule has 1 aliphatic rings. The first-order chi connectivity index (χ1) is 15.5. The van der Waals surface area contributed by atoms with Crippen molar-refractivity contribution >= 4 is 27.3 Å². The Bertz CT molecular complexity index is 1080. The van der Waals surface area contributed by atoms with Crippen LogP contribution < -0.4 is 5.32 Å². The summed E-state index contributed by atoms with van der Waals surface area (Å²) in [4.78, 5) is 13.4. The molecular weight excluding hydrogens is 440 g/mol. The van der Waals surface area contributed by atoms with Gasteiger partial charge in [0.15, 0.2) is 0 Å². The molecule has 1 saturated heterocycles. The molecular formula is C25H28N2O3S2. The molecule has 0 bridgehead atoms. The Morgan fingerprint density at radius 2 is 1.47 bits per heavy atom. The number of hydrogen-bond donors (Lipinski definition) is 1. The van der Waals surface area contributed by atoms with Crippen molar-refractivity contribution in [1.29, 1.82) is 0 Å². The van der Waals surface area contributed by atoms with E-state index in [-0.39, 0.29) is 18.2 Å². The molecule has 0 atom stereocenters. The number of piperidine rings is 1. The van der Waals surface area contributed by atoms with Gasteiger partial charge >= 0.3 is 0 Å². The molecule has 1 aromatic heterocycles. The fourth-order valence-corrected chi connectivity index (χ4v) is 7.09. The van der Waals surface area contributed by atoms with Crippen LogP contribution >= 0.6 is 11.3 Å². The van der Waals surface area contributed by atoms with Crippen LogP contribution in [0.15, 0.2) is 77.0 Å². The molecule has 0 saturated carbocycles. The third-order valence-electron chi connectivity index (χ3n) is 5.79. The van der Waals surface area contributed by atoms with E-state index in [2.05, 4.69) is 29.6 Å². The summed E-state index contributed by atoms with van der Waals surface area (Å²) in [7, 11) is -3.45. The number of nitrogens with zero attached hydrogens (tertiary/aromatic N) is 1. The molecule has 1 aliphatic heterocycles. The van der Waals surface area contributed by atoms with Gasteiger partial charge in [-0.1, -0.05) is 67.1 Å². The van der Waals surface area contributed by atoms with Crippen LogP contribution in [0.5, 0.6) is 0 Å². The van der Waals surface area contributed by atoms with Gasteiger partial charge in [-0.2, -0.15) is 4.31 Å². The average Bonchev–Trinajstić information content (AvgIpc) is 3.30. The first kappa shape index (κ1) is 22.7. The highest BCUT2D eigenvalue weighted by molar-refractivity contribution is 7.91. The second kappa shape index (κ2) is 10.4. The van der Waals surface area contributed by atoms with E-state index >= 15 is 0 Å². The van der Waals surface area contributed by atoms with Crippen molar-refractivity contribution in [2.75, 3.05) is 19.6 Å². The van der Waals surface area contributed by atoms with Crippen LogP contribution in [-0.4, -0.2) is 38.3 Å². The van der Waals surface area contributed by atoms with Crippen molar-refractivity contribution in [1.82, 2.24) is 9.62 Å². The van der Waals surface area contributed by atoms with E-state index in [1.807, 2.05) is 36.4 Å². The third-order valence-corrected chi connectivity index (χ3v) is 9.24. The van der Waals surface area contributed by atoms with Crippen LogP contribution in [0, 0.1) is 0 Å². The fraction of sp³-hybridized carbons (Fsp3) is 0.320. The minimum atomic E-state index is -3.45. The molecule has 1 N–H and O–H groups in total. The van der Waals surface area contributed by atoms with Crippen molar-refractivity contribution in [3.05, 3.63) is 88.8 Å². The van der Waals surface area contributed by atoms with Gasteiger partial charge in [-0.3, -0.25) is 4.79 Å². The van der Waals surface area contributed by atoms with Crippen LogP contribution in [0.3, 0.4) is 0 Å². The van der Waals surface area contributed by atoms with Gasteiger partial charge in [0.25, 0.3) is 10.0 Å². The van der Waals surface area contributed by atoms with Crippen molar-refractivity contribution in [2.24, 2.45) is 0 Å². The van der Waals surface area contributed by atoms with Gasteiger partial charge in [-0.05, 0) is 36.1 Å². The Hall–Kier alpha value is -2.48. The zero-order valence-corrected chi connectivity index (χ0v) is 19.6. The number of carbonyl (C=O) groups excluding carboxylic acids is 1. The first-order valence-electron chi connectivity index (χ1n) is 11.0. The Kier molecular flexibility index (Phi) is 7.40. The van der Waals surface area contributed by atoms with Crippen LogP contribution in [0.1, 0.15) is 41.2 Å². The van der Waals surface area contributed by atoms with Crippen molar-refractivity contribution in [2.45, 2.75) is 35.8 Å². The number of benzene rings is 2. The van der Waals surface area contributed by atoms with Crippen LogP contribution in [0.4, 0.5) is 0 Å². The van der Waals surface area contributed by atoms with E-state index in [0.717, 1.165) is 35.3 Å². The van der Waals surface area contributed by atoms with Crippen LogP contribution in [0.2, 0.25) is 0 Å². The standard InChI is InChI=1S/C25H28N2O3S2/c28-24(18-22-14-15-25(31-22)32(29,30)27-16-8-3-9-17-27)26-19-23(20-10-4-1-5-11-20)21-12-6-2-7-13-21/h1-2,4-7,10-15,23H,3,8-9,16-19H2,(H,26,28). The van der Waals surface area contributed by atoms with E-state index in [9.17, 15) is 13.2 Å². The smallest absolute Gasteiger partial charge is 0.252 e. The lowest BCUT2D eigenvalue weighted by atomic mass is 9.91. The van der Waals surface area contributed by atoms with E-state index in [4.69, 9.17) is 0 Å². The number of amides is 1. The van der Waals surface area contributed by atoms with Crippen LogP contribution in [0.25, 0.3) is 0 Å². The highest BCUT2D eigenvalue weighted by Crippen LogP contribution is 2.28. The zero-order chi connectivity index (χ0) is 22.4. The molecule has 168 valence electrons. The molecule has 2 aromatic carbocycles. The lowest BCUT2D eigenvalue weighted by molar-refractivity contribution is -0.120. The molecule has 3 aromatic rings. The molecule has 0 aliphatic carbocycles. The lowest BCUT2D eigenvalue weighted by Gasteiger charge is -2.25. The second-order valence-corrected chi connectivity index (χ2v) is 11.4. The number of carbonyl (C=O) groups is 1. The average molecular weight is 469 g/mol. The van der Waals surface area contributed by atoms with Gasteiger partial charge in [0.1, 0.15) is 4.21 Å². The number of nitrogens with one attached hydrogen (secondary N) is 1. The molecule has 1 amide bonds. The summed E-state index contributed by atoms with van der Waals surface area (Å²) >= 11 is 1.20. The Morgan fingerprint density at radius 1 is 0.875 bits per heavy atom. The largest absolute Gasteiger partial charge is 0.355 e. The Morgan fingerprint density at radius 3 is 2.06 bits per heavy atom. The topological polar surface area (TPSA) is 66.5 Å². The van der Waals surface area contributed by atoms with Gasteiger partial charge in [-0.25, -0.2) is 8.42 Å². The highest BCUT2D eigenvalue weighted by atomic mass is 32.2. The summed E-state index contributed by atoms with van der Waals surface area (Å²) in [5, 5.41) is 3.05. The maximum Gasteiger partial charge on any atom is 0.252 e. The highest BCUT2D eigenvalue weighted by Gasteiger charge is 2.27. The molecule has 7 heteroatoms. The Labute approximate surface area is 194 Å². The molecule has 32 heavy (non-hydrogen) atoms. The van der Waals surface area contributed by atoms with Crippen molar-refractivity contribution in [3.63, 3.8) is 0 Å². The van der Waals surface area contributed by atoms with E-state index in [1.165, 1.54) is 11.3 Å². The van der Waals surface area contributed by atoms with Gasteiger partial charge in [0.2, 0.25) is 5.91 Å². The summed E-state index contributed by atoms with van der Waals surface area (Å²) in [6.07, 6.45) is 3.07. The van der Waals surface area contributed by atoms with Gasteiger partial charge in [0.05, 0.1) is 6.42 Å². The fourth-order valence-electron chi connectivity index (χ4n) is 4.06. The summed E-state index contributed by atoms with van der Waals surface area (Å²) < 4.78 is 27.6. The normalized spacial score (nSPS) is 15.0. The van der Waals surface area contributed by atoms with Crippen molar-refractivity contribution < 1.29 is 13.2 Å².